The maximum Gasteiger partial charge on any atom is 0.130 e. The molecule has 1 aliphatic rings. The van der Waals surface area contributed by atoms with E-state index in [0.29, 0.717) is 0 Å². The molecule has 2 aromatic carbocycles. The molecule has 1 aliphatic heterocycles. The van der Waals surface area contributed by atoms with Gasteiger partial charge in [-0.2, -0.15) is 0 Å². The van der Waals surface area contributed by atoms with Crippen LogP contribution in [0.2, 0.25) is 0 Å². The number of nitrogens with zero attached hydrogens (tertiary/aromatic N) is 1. The van der Waals surface area contributed by atoms with Crippen LogP contribution in [0.1, 0.15) is 32.0 Å². The van der Waals surface area contributed by atoms with Gasteiger partial charge in [0.2, 0.25) is 0 Å². The summed E-state index contributed by atoms with van der Waals surface area (Å²) in [6, 6.07) is 17.0. The molecule has 0 saturated heterocycles. The van der Waals surface area contributed by atoms with Crippen LogP contribution >= 0.6 is 0 Å². The van der Waals surface area contributed by atoms with Crippen LogP contribution in [0.25, 0.3) is 0 Å². The Kier molecular flexibility index (Phi) is 3.65. The average molecular weight is 282 g/mol. The molecule has 0 radical (unpaired) electrons. The van der Waals surface area contributed by atoms with Gasteiger partial charge in [-0.25, -0.2) is 4.39 Å². The van der Waals surface area contributed by atoms with Crippen molar-refractivity contribution in [2.75, 3.05) is 4.90 Å². The van der Waals surface area contributed by atoms with Crippen LogP contribution in [-0.2, 0) is 0 Å². The summed E-state index contributed by atoms with van der Waals surface area (Å²) in [6.07, 6.45) is 1.01. The lowest BCUT2D eigenvalue weighted by molar-refractivity contribution is 0.622. The van der Waals surface area contributed by atoms with Crippen molar-refractivity contribution >= 4 is 5.69 Å². The highest BCUT2D eigenvalue weighted by Crippen LogP contribution is 2.36. The zero-order chi connectivity index (χ0) is 14.8. The van der Waals surface area contributed by atoms with Crippen LogP contribution in [0.3, 0.4) is 0 Å². The zero-order valence-electron chi connectivity index (χ0n) is 12.3. The minimum absolute atomic E-state index is 0.0617. The third kappa shape index (κ3) is 2.51. The number of hydrogen-bond acceptors (Lipinski definition) is 2. The zero-order valence-corrected chi connectivity index (χ0v) is 12.3. The van der Waals surface area contributed by atoms with Crippen molar-refractivity contribution in [3.05, 3.63) is 77.4 Å². The lowest BCUT2D eigenvalue weighted by Gasteiger charge is -2.28. The lowest BCUT2D eigenvalue weighted by atomic mass is 10.1. The first-order valence-corrected chi connectivity index (χ1v) is 7.26. The third-order valence-corrected chi connectivity index (χ3v) is 3.94. The fraction of sp³-hybridized carbons (Fsp3) is 0.222. The fourth-order valence-electron chi connectivity index (χ4n) is 2.84. The highest BCUT2D eigenvalue weighted by molar-refractivity contribution is 5.57. The normalized spacial score (nSPS) is 18.0. The molecule has 2 aromatic rings. The van der Waals surface area contributed by atoms with Gasteiger partial charge in [0, 0.05) is 17.1 Å². The molecule has 1 N–H and O–H groups in total. The second-order valence-corrected chi connectivity index (χ2v) is 5.22. The van der Waals surface area contributed by atoms with Gasteiger partial charge in [-0.3, -0.25) is 0 Å². The highest BCUT2D eigenvalue weighted by Gasteiger charge is 2.30. The Morgan fingerprint density at radius 3 is 2.33 bits per heavy atom. The van der Waals surface area contributed by atoms with Crippen LogP contribution in [0, 0.1) is 5.82 Å². The van der Waals surface area contributed by atoms with E-state index in [-0.39, 0.29) is 12.0 Å². The van der Waals surface area contributed by atoms with Crippen molar-refractivity contribution in [2.24, 2.45) is 0 Å². The standard InChI is InChI=1S/C18H19FN2/c1-3-17-13(2)21(16-11-9-15(19)10-12-16)18(20-17)14-7-5-4-6-8-14/h4-12,18,20H,3H2,1-2H3. The molecule has 0 aromatic heterocycles. The van der Waals surface area contributed by atoms with E-state index < -0.39 is 0 Å². The predicted octanol–water partition coefficient (Wildman–Crippen LogP) is 4.58. The molecule has 1 atom stereocenters. The van der Waals surface area contributed by atoms with Crippen LogP contribution < -0.4 is 10.2 Å². The van der Waals surface area contributed by atoms with Crippen molar-refractivity contribution in [3.8, 4) is 0 Å². The molecule has 0 fully saturated rings. The maximum atomic E-state index is 13.2. The second-order valence-electron chi connectivity index (χ2n) is 5.22. The van der Waals surface area contributed by atoms with Crippen LogP contribution in [0.5, 0.6) is 0 Å². The van der Waals surface area contributed by atoms with E-state index in [1.165, 1.54) is 29.1 Å². The maximum absolute atomic E-state index is 13.2. The summed E-state index contributed by atoms with van der Waals surface area (Å²) in [6.45, 7) is 4.25. The summed E-state index contributed by atoms with van der Waals surface area (Å²) in [5, 5.41) is 3.58. The summed E-state index contributed by atoms with van der Waals surface area (Å²) >= 11 is 0. The lowest BCUT2D eigenvalue weighted by Crippen LogP contribution is -2.28. The molecular weight excluding hydrogens is 263 g/mol. The number of nitrogens with one attached hydrogen (secondary N) is 1. The number of hydrogen-bond donors (Lipinski definition) is 1. The van der Waals surface area contributed by atoms with Crippen molar-refractivity contribution in [1.82, 2.24) is 5.32 Å². The SMILES string of the molecule is CCC1=C(C)N(c2ccc(F)cc2)C(c2ccccc2)N1. The van der Waals surface area contributed by atoms with E-state index in [1.54, 1.807) is 0 Å². The van der Waals surface area contributed by atoms with Crippen LogP contribution in [-0.4, -0.2) is 0 Å². The molecule has 0 saturated carbocycles. The minimum atomic E-state index is -0.209. The van der Waals surface area contributed by atoms with Crippen molar-refractivity contribution in [2.45, 2.75) is 26.4 Å². The molecule has 1 heterocycles. The van der Waals surface area contributed by atoms with Crippen LogP contribution in [0.15, 0.2) is 66.0 Å². The highest BCUT2D eigenvalue weighted by atomic mass is 19.1. The van der Waals surface area contributed by atoms with Gasteiger partial charge in [0.25, 0.3) is 0 Å². The van der Waals surface area contributed by atoms with Gasteiger partial charge in [0.15, 0.2) is 0 Å². The Balaban J connectivity index is 2.03. The number of rotatable bonds is 3. The number of benzene rings is 2. The molecule has 108 valence electrons. The Hall–Kier alpha value is -2.29. The fourth-order valence-corrected chi connectivity index (χ4v) is 2.84. The third-order valence-electron chi connectivity index (χ3n) is 3.94. The van der Waals surface area contributed by atoms with Crippen molar-refractivity contribution < 1.29 is 4.39 Å². The van der Waals surface area contributed by atoms with E-state index in [9.17, 15) is 4.39 Å². The summed E-state index contributed by atoms with van der Waals surface area (Å²) in [4.78, 5) is 2.23. The van der Waals surface area contributed by atoms with E-state index in [4.69, 9.17) is 0 Å². The first-order chi connectivity index (χ1) is 10.2. The number of allylic oxidation sites excluding steroid dienone is 2. The van der Waals surface area contributed by atoms with Gasteiger partial charge in [-0.15, -0.1) is 0 Å². The number of anilines is 1. The largest absolute Gasteiger partial charge is 0.363 e. The van der Waals surface area contributed by atoms with Crippen molar-refractivity contribution in [1.29, 1.82) is 0 Å². The molecule has 21 heavy (non-hydrogen) atoms. The van der Waals surface area contributed by atoms with Gasteiger partial charge >= 0.3 is 0 Å². The Labute approximate surface area is 124 Å². The molecular formula is C18H19FN2. The monoisotopic (exact) mass is 282 g/mol. The van der Waals surface area contributed by atoms with E-state index in [1.807, 2.05) is 30.3 Å². The molecule has 3 heteroatoms. The van der Waals surface area contributed by atoms with Gasteiger partial charge in [0.05, 0.1) is 0 Å². The van der Waals surface area contributed by atoms with Crippen molar-refractivity contribution in [3.63, 3.8) is 0 Å². The van der Waals surface area contributed by atoms with Gasteiger partial charge in [0.1, 0.15) is 12.0 Å². The summed E-state index contributed by atoms with van der Waals surface area (Å²) in [5.41, 5.74) is 4.62. The molecule has 0 aliphatic carbocycles. The quantitative estimate of drug-likeness (QED) is 0.886. The Morgan fingerprint density at radius 2 is 1.71 bits per heavy atom. The first kappa shape index (κ1) is 13.7. The minimum Gasteiger partial charge on any atom is -0.363 e. The molecule has 0 bridgehead atoms. The smallest absolute Gasteiger partial charge is 0.130 e. The Bertz CT molecular complexity index is 647. The second kappa shape index (κ2) is 5.60. The number of halogens is 1. The van der Waals surface area contributed by atoms with E-state index in [2.05, 4.69) is 36.2 Å². The van der Waals surface area contributed by atoms with E-state index in [0.717, 1.165) is 12.1 Å². The summed E-state index contributed by atoms with van der Waals surface area (Å²) < 4.78 is 13.2. The van der Waals surface area contributed by atoms with Gasteiger partial charge < -0.3 is 10.2 Å². The van der Waals surface area contributed by atoms with Gasteiger partial charge in [-0.1, -0.05) is 37.3 Å². The first-order valence-electron chi connectivity index (χ1n) is 7.26. The Morgan fingerprint density at radius 1 is 1.05 bits per heavy atom. The molecule has 1 unspecified atom stereocenters. The van der Waals surface area contributed by atoms with Crippen LogP contribution in [0.4, 0.5) is 10.1 Å². The average Bonchev–Trinajstić information content (AvgIpc) is 2.86. The molecule has 0 spiro atoms. The topological polar surface area (TPSA) is 15.3 Å². The summed E-state index contributed by atoms with van der Waals surface area (Å²) in [7, 11) is 0. The predicted molar refractivity (Wildman–Crippen MR) is 84.2 cm³/mol. The molecule has 3 rings (SSSR count). The summed E-state index contributed by atoms with van der Waals surface area (Å²) in [5.74, 6) is -0.209. The molecule has 2 nitrogen and oxygen atoms in total. The van der Waals surface area contributed by atoms with E-state index >= 15 is 0 Å². The van der Waals surface area contributed by atoms with Gasteiger partial charge in [-0.05, 0) is 43.2 Å². The molecule has 0 amide bonds.